The molecular formula is C26H29N3O6. The van der Waals surface area contributed by atoms with Crippen molar-refractivity contribution in [2.45, 2.75) is 30.5 Å². The molecule has 184 valence electrons. The Kier molecular flexibility index (Phi) is 6.44. The number of nitrogens with one attached hydrogen (secondary N) is 1. The number of ether oxygens (including phenoxy) is 2. The molecule has 2 heterocycles. The molecule has 35 heavy (non-hydrogen) atoms. The number of piperazine rings is 1. The maximum absolute atomic E-state index is 13.1. The summed E-state index contributed by atoms with van der Waals surface area (Å²) in [6.07, 6.45) is -0.966. The molecule has 3 aliphatic rings. The molecule has 3 atom stereocenters. The highest BCUT2D eigenvalue weighted by atomic mass is 16.6. The number of carboxylic acid groups (broad SMARTS) is 1. The van der Waals surface area contributed by atoms with E-state index < -0.39 is 30.3 Å². The Labute approximate surface area is 203 Å². The van der Waals surface area contributed by atoms with E-state index in [4.69, 9.17) is 9.47 Å². The molecule has 0 bridgehead atoms. The van der Waals surface area contributed by atoms with Gasteiger partial charge in [0.25, 0.3) is 5.91 Å². The number of fused-ring (bicyclic) bond motifs is 3. The van der Waals surface area contributed by atoms with E-state index in [9.17, 15) is 19.5 Å². The van der Waals surface area contributed by atoms with Gasteiger partial charge in [-0.1, -0.05) is 48.5 Å². The number of amides is 2. The first-order valence-corrected chi connectivity index (χ1v) is 11.9. The number of carbonyl (C=O) groups excluding carboxylic acids is 2. The van der Waals surface area contributed by atoms with Crippen molar-refractivity contribution in [3.8, 4) is 11.1 Å². The lowest BCUT2D eigenvalue weighted by atomic mass is 9.98. The van der Waals surface area contributed by atoms with Crippen LogP contribution in [0.1, 0.15) is 23.5 Å². The number of hydrogen-bond acceptors (Lipinski definition) is 6. The molecule has 1 unspecified atom stereocenters. The van der Waals surface area contributed by atoms with Gasteiger partial charge in [0, 0.05) is 32.2 Å². The summed E-state index contributed by atoms with van der Waals surface area (Å²) in [5, 5.41) is 12.2. The van der Waals surface area contributed by atoms with Gasteiger partial charge in [-0.2, -0.15) is 0 Å². The molecule has 2 N–H and O–H groups in total. The van der Waals surface area contributed by atoms with Gasteiger partial charge in [-0.15, -0.1) is 0 Å². The van der Waals surface area contributed by atoms with Gasteiger partial charge >= 0.3 is 12.1 Å². The normalized spacial score (nSPS) is 24.0. The number of benzene rings is 2. The Morgan fingerprint density at radius 3 is 2.37 bits per heavy atom. The predicted molar refractivity (Wildman–Crippen MR) is 127 cm³/mol. The zero-order valence-corrected chi connectivity index (χ0v) is 19.6. The first-order chi connectivity index (χ1) is 16.9. The van der Waals surface area contributed by atoms with E-state index >= 15 is 0 Å². The summed E-state index contributed by atoms with van der Waals surface area (Å²) >= 11 is 0. The molecule has 2 fully saturated rings. The zero-order chi connectivity index (χ0) is 24.5. The van der Waals surface area contributed by atoms with Crippen molar-refractivity contribution in [2.24, 2.45) is 0 Å². The molecule has 0 saturated carbocycles. The van der Waals surface area contributed by atoms with E-state index in [1.54, 1.807) is 11.9 Å². The second-order valence-corrected chi connectivity index (χ2v) is 9.28. The second-order valence-electron chi connectivity index (χ2n) is 9.28. The maximum Gasteiger partial charge on any atom is 0.407 e. The minimum Gasteiger partial charge on any atom is -0.480 e. The first-order valence-electron chi connectivity index (χ1n) is 11.9. The topological polar surface area (TPSA) is 108 Å². The number of carboxylic acids is 1. The fourth-order valence-electron chi connectivity index (χ4n) is 5.29. The lowest BCUT2D eigenvalue weighted by Crippen LogP contribution is -2.59. The van der Waals surface area contributed by atoms with Gasteiger partial charge in [0.05, 0.1) is 6.04 Å². The molecule has 0 spiro atoms. The standard InChI is InChI=1S/C26H29N3O6/c1-28-11-12-29(14-22(28)25(31)32)24(30)23-21(10-13-34-23)27-26(33)35-15-20-18-8-4-2-6-16(18)17-7-3-5-9-19(17)20/h2-9,20-23H,10-15H2,1H3,(H,27,33)(H,31,32)/t21-,22?,23+/m0/s1. The molecule has 9 nitrogen and oxygen atoms in total. The molecular weight excluding hydrogens is 450 g/mol. The van der Waals surface area contributed by atoms with Crippen molar-refractivity contribution in [1.82, 2.24) is 15.1 Å². The third-order valence-electron chi connectivity index (χ3n) is 7.23. The van der Waals surface area contributed by atoms with Gasteiger partial charge in [-0.05, 0) is 35.7 Å². The number of alkyl carbamates (subject to hydrolysis) is 1. The fraction of sp³-hybridized carbons (Fsp3) is 0.423. The summed E-state index contributed by atoms with van der Waals surface area (Å²) in [4.78, 5) is 40.6. The van der Waals surface area contributed by atoms with Gasteiger partial charge < -0.3 is 24.8 Å². The van der Waals surface area contributed by atoms with Gasteiger partial charge in [0.2, 0.25) is 0 Å². The predicted octanol–water partition coefficient (Wildman–Crippen LogP) is 1.91. The number of rotatable bonds is 5. The quantitative estimate of drug-likeness (QED) is 0.674. The highest BCUT2D eigenvalue weighted by molar-refractivity contribution is 5.84. The third kappa shape index (κ3) is 4.49. The molecule has 0 radical (unpaired) electrons. The van der Waals surface area contributed by atoms with E-state index in [2.05, 4.69) is 29.6 Å². The van der Waals surface area contributed by atoms with Crippen LogP contribution < -0.4 is 5.32 Å². The van der Waals surface area contributed by atoms with E-state index in [0.717, 1.165) is 22.3 Å². The van der Waals surface area contributed by atoms with Crippen LogP contribution in [0.15, 0.2) is 48.5 Å². The van der Waals surface area contributed by atoms with Crippen molar-refractivity contribution in [3.05, 3.63) is 59.7 Å². The highest BCUT2D eigenvalue weighted by Gasteiger charge is 2.41. The van der Waals surface area contributed by atoms with Gasteiger partial charge in [-0.25, -0.2) is 4.79 Å². The highest BCUT2D eigenvalue weighted by Crippen LogP contribution is 2.44. The summed E-state index contributed by atoms with van der Waals surface area (Å²) in [5.41, 5.74) is 4.56. The van der Waals surface area contributed by atoms with E-state index in [1.807, 2.05) is 24.3 Å². The Bertz CT molecular complexity index is 1090. The Morgan fingerprint density at radius 1 is 1.06 bits per heavy atom. The Morgan fingerprint density at radius 2 is 1.71 bits per heavy atom. The van der Waals surface area contributed by atoms with Crippen LogP contribution in [-0.4, -0.2) is 91.0 Å². The number of nitrogens with zero attached hydrogens (tertiary/aromatic N) is 2. The molecule has 9 heteroatoms. The summed E-state index contributed by atoms with van der Waals surface area (Å²) < 4.78 is 11.3. The first kappa shape index (κ1) is 23.3. The van der Waals surface area contributed by atoms with Crippen LogP contribution in [0.3, 0.4) is 0 Å². The van der Waals surface area contributed by atoms with Crippen LogP contribution >= 0.6 is 0 Å². The summed E-state index contributed by atoms with van der Waals surface area (Å²) in [5.74, 6) is -1.32. The molecule has 2 amide bonds. The van der Waals surface area contributed by atoms with Crippen LogP contribution in [0.4, 0.5) is 4.79 Å². The summed E-state index contributed by atoms with van der Waals surface area (Å²) in [7, 11) is 1.73. The SMILES string of the molecule is CN1CCN(C(=O)[C@@H]2OCC[C@@H]2NC(=O)OCC2c3ccccc3-c3ccccc32)CC1C(=O)O. The number of aliphatic carboxylic acids is 1. The Balaban J connectivity index is 1.20. The maximum atomic E-state index is 13.1. The molecule has 1 aliphatic carbocycles. The molecule has 2 aromatic carbocycles. The molecule has 2 saturated heterocycles. The van der Waals surface area contributed by atoms with Crippen LogP contribution in [0.2, 0.25) is 0 Å². The average molecular weight is 480 g/mol. The number of carbonyl (C=O) groups is 3. The smallest absolute Gasteiger partial charge is 0.407 e. The zero-order valence-electron chi connectivity index (χ0n) is 19.6. The molecule has 2 aliphatic heterocycles. The lowest BCUT2D eigenvalue weighted by molar-refractivity contribution is -0.151. The van der Waals surface area contributed by atoms with Crippen molar-refractivity contribution in [3.63, 3.8) is 0 Å². The van der Waals surface area contributed by atoms with Crippen LogP contribution in [0.25, 0.3) is 11.1 Å². The fourth-order valence-corrected chi connectivity index (χ4v) is 5.29. The minimum atomic E-state index is -0.967. The Hall–Kier alpha value is -3.43. The van der Waals surface area contributed by atoms with E-state index in [-0.39, 0.29) is 25.0 Å². The monoisotopic (exact) mass is 479 g/mol. The summed E-state index contributed by atoms with van der Waals surface area (Å²) in [6.45, 7) is 1.48. The number of likely N-dealkylation sites (N-methyl/N-ethyl adjacent to an activating group) is 1. The molecule has 5 rings (SSSR count). The molecule has 2 aromatic rings. The van der Waals surface area contributed by atoms with Crippen molar-refractivity contribution < 1.29 is 29.0 Å². The lowest BCUT2D eigenvalue weighted by Gasteiger charge is -2.38. The third-order valence-corrected chi connectivity index (χ3v) is 7.23. The van der Waals surface area contributed by atoms with Crippen molar-refractivity contribution in [1.29, 1.82) is 0 Å². The van der Waals surface area contributed by atoms with Crippen molar-refractivity contribution in [2.75, 3.05) is 39.9 Å². The van der Waals surface area contributed by atoms with E-state index in [1.165, 1.54) is 4.90 Å². The van der Waals surface area contributed by atoms with Crippen molar-refractivity contribution >= 4 is 18.0 Å². The molecule has 0 aromatic heterocycles. The van der Waals surface area contributed by atoms with Gasteiger partial charge in [-0.3, -0.25) is 14.5 Å². The largest absolute Gasteiger partial charge is 0.480 e. The van der Waals surface area contributed by atoms with Crippen LogP contribution in [0, 0.1) is 0 Å². The van der Waals surface area contributed by atoms with Crippen LogP contribution in [0.5, 0.6) is 0 Å². The van der Waals surface area contributed by atoms with Crippen LogP contribution in [-0.2, 0) is 19.1 Å². The summed E-state index contributed by atoms with van der Waals surface area (Å²) in [6, 6.07) is 14.9. The van der Waals surface area contributed by atoms with E-state index in [0.29, 0.717) is 26.1 Å². The van der Waals surface area contributed by atoms with Gasteiger partial charge in [0.15, 0.2) is 6.10 Å². The average Bonchev–Trinajstić information content (AvgIpc) is 3.45. The van der Waals surface area contributed by atoms with Gasteiger partial charge in [0.1, 0.15) is 12.6 Å². The minimum absolute atomic E-state index is 0.0521. The number of hydrogen-bond donors (Lipinski definition) is 2. The second kappa shape index (κ2) is 9.67.